The van der Waals surface area contributed by atoms with Crippen LogP contribution in [0.25, 0.3) is 5.57 Å². The Morgan fingerprint density at radius 2 is 1.47 bits per heavy atom. The zero-order valence-electron chi connectivity index (χ0n) is 18.4. The Bertz CT molecular complexity index is 1440. The van der Waals surface area contributed by atoms with Gasteiger partial charge >= 0.3 is 0 Å². The van der Waals surface area contributed by atoms with Crippen LogP contribution in [0.4, 0.5) is 5.69 Å². The molecule has 1 heterocycles. The first kappa shape index (κ1) is 22.3. The summed E-state index contributed by atoms with van der Waals surface area (Å²) in [6, 6.07) is 18.3. The van der Waals surface area contributed by atoms with Gasteiger partial charge in [0.2, 0.25) is 0 Å². The number of benzene rings is 3. The van der Waals surface area contributed by atoms with Gasteiger partial charge < -0.3 is 0 Å². The van der Waals surface area contributed by atoms with E-state index in [2.05, 4.69) is 0 Å². The molecule has 0 N–H and O–H groups in total. The average molecular weight is 468 g/mol. The topological polar surface area (TPSA) is 71.5 Å². The first-order chi connectivity index (χ1) is 15.0. The Morgan fingerprint density at radius 1 is 0.844 bits per heavy atom. The smallest absolute Gasteiger partial charge is 0.263 e. The molecule has 4 rings (SSSR count). The number of hydrogen-bond donors (Lipinski definition) is 0. The largest absolute Gasteiger partial charge is 0.265 e. The number of para-hydroxylation sites is 1. The number of rotatable bonds is 3. The van der Waals surface area contributed by atoms with E-state index in [1.165, 1.54) is 9.71 Å². The van der Waals surface area contributed by atoms with Gasteiger partial charge in [0, 0.05) is 28.1 Å². The van der Waals surface area contributed by atoms with Crippen molar-refractivity contribution in [3.8, 4) is 0 Å². The van der Waals surface area contributed by atoms with Gasteiger partial charge in [-0.05, 0) is 52.0 Å². The fourth-order valence-electron chi connectivity index (χ4n) is 3.99. The molecule has 0 unspecified atom stereocenters. The summed E-state index contributed by atoms with van der Waals surface area (Å²) in [7, 11) is -7.75. The van der Waals surface area contributed by atoms with Gasteiger partial charge in [0.1, 0.15) is 0 Å². The van der Waals surface area contributed by atoms with Crippen molar-refractivity contribution < 1.29 is 16.8 Å². The maximum atomic E-state index is 13.7. The minimum atomic E-state index is -3.91. The van der Waals surface area contributed by atoms with Crippen molar-refractivity contribution in [2.45, 2.75) is 43.5 Å². The van der Waals surface area contributed by atoms with Crippen LogP contribution in [-0.2, 0) is 19.9 Å². The van der Waals surface area contributed by atoms with Gasteiger partial charge in [-0.15, -0.1) is 0 Å². The molecule has 1 aliphatic heterocycles. The second-order valence-electron chi connectivity index (χ2n) is 8.30. The van der Waals surface area contributed by atoms with Crippen LogP contribution in [0.15, 0.2) is 81.9 Å². The van der Waals surface area contributed by atoms with Crippen LogP contribution in [0.2, 0.25) is 0 Å². The third-order valence-electron chi connectivity index (χ3n) is 5.49. The number of anilines is 1. The van der Waals surface area contributed by atoms with Gasteiger partial charge in [0.05, 0.1) is 15.5 Å². The van der Waals surface area contributed by atoms with Crippen LogP contribution in [0.3, 0.4) is 0 Å². The molecule has 0 saturated carbocycles. The van der Waals surface area contributed by atoms with Gasteiger partial charge in [-0.25, -0.2) is 16.8 Å². The second-order valence-corrected chi connectivity index (χ2v) is 11.9. The first-order valence-electron chi connectivity index (χ1n) is 10.3. The van der Waals surface area contributed by atoms with E-state index in [1.54, 1.807) is 80.6 Å². The highest BCUT2D eigenvalue weighted by Gasteiger charge is 2.36. The van der Waals surface area contributed by atoms with Crippen molar-refractivity contribution in [2.24, 2.45) is 0 Å². The van der Waals surface area contributed by atoms with Crippen molar-refractivity contribution in [1.29, 1.82) is 0 Å². The third-order valence-corrected chi connectivity index (χ3v) is 9.01. The van der Waals surface area contributed by atoms with E-state index in [-0.39, 0.29) is 15.8 Å². The Kier molecular flexibility index (Phi) is 5.51. The Morgan fingerprint density at radius 3 is 2.12 bits per heavy atom. The van der Waals surface area contributed by atoms with E-state index in [0.29, 0.717) is 22.4 Å². The monoisotopic (exact) mass is 467 g/mol. The van der Waals surface area contributed by atoms with Crippen LogP contribution in [0, 0.1) is 13.8 Å². The molecule has 0 aliphatic carbocycles. The molecule has 0 fully saturated rings. The maximum absolute atomic E-state index is 13.7. The normalized spacial score (nSPS) is 16.5. The Balaban J connectivity index is 2.11. The molecule has 5 nitrogen and oxygen atoms in total. The summed E-state index contributed by atoms with van der Waals surface area (Å²) in [5.74, 6) is 0. The molecule has 0 spiro atoms. The number of sulfonamides is 1. The van der Waals surface area contributed by atoms with Gasteiger partial charge in [-0.3, -0.25) is 4.31 Å². The number of sulfone groups is 1. The number of aryl methyl sites for hydroxylation is 2. The summed E-state index contributed by atoms with van der Waals surface area (Å²) in [5, 5.41) is 1.20. The molecule has 0 aromatic heterocycles. The highest BCUT2D eigenvalue weighted by atomic mass is 32.2. The summed E-state index contributed by atoms with van der Waals surface area (Å²) in [6.07, 6.45) is 0. The van der Waals surface area contributed by atoms with Crippen molar-refractivity contribution in [2.75, 3.05) is 4.31 Å². The lowest BCUT2D eigenvalue weighted by molar-refractivity contribution is 0.584. The van der Waals surface area contributed by atoms with Gasteiger partial charge in [-0.2, -0.15) is 0 Å². The SMILES string of the molecule is Cc1ccc(S(=O)(=O)/C=C2\c3ccccc3N(C(C)C)S(=O)(=O)c3ccc(C)cc32)cc1. The predicted octanol–water partition coefficient (Wildman–Crippen LogP) is 5.08. The van der Waals surface area contributed by atoms with E-state index in [1.807, 2.05) is 13.8 Å². The second kappa shape index (κ2) is 7.90. The molecule has 3 aromatic rings. The fraction of sp³-hybridized carbons (Fsp3) is 0.200. The van der Waals surface area contributed by atoms with Gasteiger partial charge in [0.25, 0.3) is 10.0 Å². The number of fused-ring (bicyclic) bond motifs is 2. The molecule has 0 atom stereocenters. The van der Waals surface area contributed by atoms with Crippen LogP contribution >= 0.6 is 0 Å². The maximum Gasteiger partial charge on any atom is 0.265 e. The standard InChI is InChI=1S/C25H25NO4S2/c1-17(2)26-24-8-6-5-7-21(24)23(16-31(27,28)20-12-9-18(3)10-13-20)22-15-19(4)11-14-25(22)32(26,29)30/h5-17H,1-4H3/b23-16+. The molecule has 166 valence electrons. The van der Waals surface area contributed by atoms with Crippen molar-refractivity contribution >= 4 is 31.1 Å². The molecule has 7 heteroatoms. The lowest BCUT2D eigenvalue weighted by atomic mass is 9.96. The van der Waals surface area contributed by atoms with Crippen molar-refractivity contribution in [3.05, 3.63) is 94.4 Å². The molecule has 0 bridgehead atoms. The lowest BCUT2D eigenvalue weighted by Crippen LogP contribution is -2.37. The van der Waals surface area contributed by atoms with E-state index in [4.69, 9.17) is 0 Å². The predicted molar refractivity (Wildman–Crippen MR) is 128 cm³/mol. The molecule has 0 radical (unpaired) electrons. The number of nitrogens with zero attached hydrogens (tertiary/aromatic N) is 1. The van der Waals surface area contributed by atoms with Crippen molar-refractivity contribution in [3.63, 3.8) is 0 Å². The summed E-state index contributed by atoms with van der Waals surface area (Å²) in [6.45, 7) is 7.36. The molecule has 32 heavy (non-hydrogen) atoms. The first-order valence-corrected chi connectivity index (χ1v) is 13.3. The van der Waals surface area contributed by atoms with E-state index in [9.17, 15) is 16.8 Å². The minimum absolute atomic E-state index is 0.0957. The quantitative estimate of drug-likeness (QED) is 0.538. The van der Waals surface area contributed by atoms with Gasteiger partial charge in [-0.1, -0.05) is 53.6 Å². The zero-order chi connectivity index (χ0) is 23.3. The fourth-order valence-corrected chi connectivity index (χ4v) is 7.07. The molecule has 0 saturated heterocycles. The van der Waals surface area contributed by atoms with Crippen LogP contribution in [0.5, 0.6) is 0 Å². The summed E-state index contributed by atoms with van der Waals surface area (Å²) in [5.41, 5.74) is 3.57. The summed E-state index contributed by atoms with van der Waals surface area (Å²) >= 11 is 0. The third kappa shape index (κ3) is 3.76. The minimum Gasteiger partial charge on any atom is -0.263 e. The molecule has 3 aromatic carbocycles. The van der Waals surface area contributed by atoms with E-state index < -0.39 is 19.9 Å². The highest BCUT2D eigenvalue weighted by Crippen LogP contribution is 2.43. The Labute approximate surface area is 190 Å². The van der Waals surface area contributed by atoms with Crippen LogP contribution in [-0.4, -0.2) is 22.9 Å². The lowest BCUT2D eigenvalue weighted by Gasteiger charge is -2.28. The number of hydrogen-bond acceptors (Lipinski definition) is 4. The Hall–Kier alpha value is -2.90. The summed E-state index contributed by atoms with van der Waals surface area (Å²) in [4.78, 5) is 0.258. The highest BCUT2D eigenvalue weighted by molar-refractivity contribution is 7.94. The van der Waals surface area contributed by atoms with Crippen molar-refractivity contribution in [1.82, 2.24) is 0 Å². The molecular formula is C25H25NO4S2. The molecule has 1 aliphatic rings. The molecule has 0 amide bonds. The average Bonchev–Trinajstić information content (AvgIpc) is 2.79. The zero-order valence-corrected chi connectivity index (χ0v) is 20.0. The summed E-state index contributed by atoms with van der Waals surface area (Å²) < 4.78 is 55.5. The van der Waals surface area contributed by atoms with Gasteiger partial charge in [0.15, 0.2) is 9.84 Å². The van der Waals surface area contributed by atoms with Crippen LogP contribution < -0.4 is 4.31 Å². The molecular weight excluding hydrogens is 442 g/mol. The van der Waals surface area contributed by atoms with Crippen LogP contribution in [0.1, 0.15) is 36.1 Å². The van der Waals surface area contributed by atoms with E-state index in [0.717, 1.165) is 11.1 Å². The van der Waals surface area contributed by atoms with E-state index >= 15 is 0 Å².